The van der Waals surface area contributed by atoms with Crippen LogP contribution in [0.5, 0.6) is 5.75 Å². The lowest BCUT2D eigenvalue weighted by atomic mass is 9.67. The van der Waals surface area contributed by atoms with Crippen LogP contribution in [0.1, 0.15) is 64.9 Å². The van der Waals surface area contributed by atoms with Crippen molar-refractivity contribution in [2.24, 2.45) is 10.8 Å². The Morgan fingerprint density at radius 1 is 0.903 bits per heavy atom. The molecule has 1 aromatic carbocycles. The van der Waals surface area contributed by atoms with E-state index >= 15 is 0 Å². The SMILES string of the molecule is C=CCOc1ccc(C(C2=C(O)CC(C)(C)CC2=O)C2=C(O)CC(C)(C)CC2=O)cc1. The first-order chi connectivity index (χ1) is 14.4. The highest BCUT2D eigenvalue weighted by molar-refractivity contribution is 6.05. The number of carbonyl (C=O) groups is 2. The van der Waals surface area contributed by atoms with E-state index in [9.17, 15) is 19.8 Å². The maximum Gasteiger partial charge on any atom is 0.163 e. The topological polar surface area (TPSA) is 83.8 Å². The monoisotopic (exact) mass is 424 g/mol. The van der Waals surface area contributed by atoms with Crippen LogP contribution in [0.3, 0.4) is 0 Å². The molecule has 0 bridgehead atoms. The van der Waals surface area contributed by atoms with E-state index in [1.54, 1.807) is 30.3 Å². The van der Waals surface area contributed by atoms with Gasteiger partial charge in [-0.15, -0.1) is 0 Å². The van der Waals surface area contributed by atoms with E-state index in [4.69, 9.17) is 4.74 Å². The molecule has 31 heavy (non-hydrogen) atoms. The van der Waals surface area contributed by atoms with E-state index in [0.717, 1.165) is 0 Å². The molecule has 0 aliphatic heterocycles. The molecule has 0 saturated carbocycles. The molecular formula is C26H32O5. The van der Waals surface area contributed by atoms with Crippen molar-refractivity contribution in [3.8, 4) is 5.75 Å². The van der Waals surface area contributed by atoms with Crippen molar-refractivity contribution >= 4 is 11.6 Å². The number of rotatable bonds is 6. The largest absolute Gasteiger partial charge is 0.512 e. The van der Waals surface area contributed by atoms with Gasteiger partial charge in [0, 0.05) is 42.7 Å². The summed E-state index contributed by atoms with van der Waals surface area (Å²) in [4.78, 5) is 26.3. The molecule has 2 N–H and O–H groups in total. The second kappa shape index (κ2) is 8.37. The molecule has 0 heterocycles. The maximum atomic E-state index is 13.2. The Balaban J connectivity index is 2.15. The average Bonchev–Trinajstić information content (AvgIpc) is 2.62. The molecule has 2 aliphatic rings. The number of allylic oxidation sites excluding steroid dienone is 4. The van der Waals surface area contributed by atoms with Gasteiger partial charge in [0.1, 0.15) is 23.9 Å². The van der Waals surface area contributed by atoms with Crippen molar-refractivity contribution in [3.63, 3.8) is 0 Å². The van der Waals surface area contributed by atoms with Gasteiger partial charge >= 0.3 is 0 Å². The summed E-state index contributed by atoms with van der Waals surface area (Å²) in [7, 11) is 0. The lowest BCUT2D eigenvalue weighted by Crippen LogP contribution is -2.33. The van der Waals surface area contributed by atoms with E-state index in [1.165, 1.54) is 0 Å². The highest BCUT2D eigenvalue weighted by Crippen LogP contribution is 2.47. The summed E-state index contributed by atoms with van der Waals surface area (Å²) in [5.41, 5.74) is 0.386. The minimum absolute atomic E-state index is 0.00355. The summed E-state index contributed by atoms with van der Waals surface area (Å²) < 4.78 is 5.55. The van der Waals surface area contributed by atoms with E-state index in [0.29, 0.717) is 30.8 Å². The summed E-state index contributed by atoms with van der Waals surface area (Å²) in [5, 5.41) is 21.8. The lowest BCUT2D eigenvalue weighted by molar-refractivity contribution is -0.119. The van der Waals surface area contributed by atoms with Gasteiger partial charge in [-0.3, -0.25) is 9.59 Å². The summed E-state index contributed by atoms with van der Waals surface area (Å²) in [6.07, 6.45) is 2.89. The molecular weight excluding hydrogens is 392 g/mol. The maximum absolute atomic E-state index is 13.2. The number of hydrogen-bond donors (Lipinski definition) is 2. The van der Waals surface area contributed by atoms with Gasteiger partial charge in [0.25, 0.3) is 0 Å². The van der Waals surface area contributed by atoms with Crippen molar-refractivity contribution in [3.05, 3.63) is 65.1 Å². The van der Waals surface area contributed by atoms with E-state index in [-0.39, 0.29) is 57.9 Å². The quantitative estimate of drug-likeness (QED) is 0.569. The number of ether oxygens (including phenoxy) is 1. The van der Waals surface area contributed by atoms with Gasteiger partial charge in [-0.05, 0) is 28.5 Å². The van der Waals surface area contributed by atoms with Gasteiger partial charge in [0.15, 0.2) is 11.6 Å². The summed E-state index contributed by atoms with van der Waals surface area (Å²) >= 11 is 0. The van der Waals surface area contributed by atoms with Crippen LogP contribution in [0, 0.1) is 10.8 Å². The van der Waals surface area contributed by atoms with Crippen LogP contribution >= 0.6 is 0 Å². The fraction of sp³-hybridized carbons (Fsp3) is 0.462. The summed E-state index contributed by atoms with van der Waals surface area (Å²) in [6, 6.07) is 7.08. The van der Waals surface area contributed by atoms with Crippen LogP contribution in [-0.2, 0) is 9.59 Å². The van der Waals surface area contributed by atoms with Crippen LogP contribution in [0.2, 0.25) is 0 Å². The lowest BCUT2D eigenvalue weighted by Gasteiger charge is -2.36. The van der Waals surface area contributed by atoms with Crippen LogP contribution in [-0.4, -0.2) is 28.4 Å². The molecule has 0 atom stereocenters. The molecule has 3 rings (SSSR count). The predicted octanol–water partition coefficient (Wildman–Crippen LogP) is 5.74. The minimum atomic E-state index is -0.805. The van der Waals surface area contributed by atoms with Gasteiger partial charge in [-0.1, -0.05) is 52.5 Å². The van der Waals surface area contributed by atoms with Crippen molar-refractivity contribution in [2.75, 3.05) is 6.61 Å². The molecule has 0 aromatic heterocycles. The van der Waals surface area contributed by atoms with Gasteiger partial charge in [-0.25, -0.2) is 0 Å². The van der Waals surface area contributed by atoms with Gasteiger partial charge in [0.2, 0.25) is 0 Å². The molecule has 0 radical (unpaired) electrons. The summed E-state index contributed by atoms with van der Waals surface area (Å²) in [5.74, 6) is -0.564. The Morgan fingerprint density at radius 2 is 1.35 bits per heavy atom. The number of aliphatic hydroxyl groups is 2. The van der Waals surface area contributed by atoms with Crippen LogP contribution < -0.4 is 4.74 Å². The standard InChI is InChI=1S/C26H32O5/c1-6-11-31-17-9-7-16(8-10-17)22(23-18(27)12-25(2,3)13-19(23)28)24-20(29)14-26(4,5)15-21(24)30/h6-10,22,27,29H,1,11-15H2,2-5H3. The molecule has 2 aliphatic carbocycles. The van der Waals surface area contributed by atoms with Gasteiger partial charge in [0.05, 0.1) is 0 Å². The average molecular weight is 425 g/mol. The van der Waals surface area contributed by atoms with Crippen molar-refractivity contribution in [1.29, 1.82) is 0 Å². The number of aliphatic hydroxyl groups excluding tert-OH is 2. The number of carbonyl (C=O) groups excluding carboxylic acids is 2. The molecule has 0 saturated heterocycles. The Labute approximate surface area is 184 Å². The zero-order chi connectivity index (χ0) is 23.0. The second-order valence-electron chi connectivity index (χ2n) is 10.2. The predicted molar refractivity (Wildman–Crippen MR) is 120 cm³/mol. The molecule has 0 amide bonds. The van der Waals surface area contributed by atoms with Crippen LogP contribution in [0.15, 0.2) is 59.6 Å². The molecule has 0 fully saturated rings. The van der Waals surface area contributed by atoms with Crippen LogP contribution in [0.25, 0.3) is 0 Å². The minimum Gasteiger partial charge on any atom is -0.512 e. The molecule has 5 nitrogen and oxygen atoms in total. The number of ketones is 2. The van der Waals surface area contributed by atoms with E-state index in [1.807, 2.05) is 27.7 Å². The fourth-order valence-electron chi connectivity index (χ4n) is 4.65. The first kappa shape index (κ1) is 22.9. The molecule has 0 unspecified atom stereocenters. The first-order valence-electron chi connectivity index (χ1n) is 10.7. The van der Waals surface area contributed by atoms with Crippen molar-refractivity contribution in [1.82, 2.24) is 0 Å². The van der Waals surface area contributed by atoms with Crippen LogP contribution in [0.4, 0.5) is 0 Å². The Morgan fingerprint density at radius 3 is 1.74 bits per heavy atom. The summed E-state index contributed by atoms with van der Waals surface area (Å²) in [6.45, 7) is 11.7. The molecule has 0 spiro atoms. The van der Waals surface area contributed by atoms with Crippen molar-refractivity contribution in [2.45, 2.75) is 59.3 Å². The van der Waals surface area contributed by atoms with Gasteiger partial charge in [-0.2, -0.15) is 0 Å². The third-order valence-electron chi connectivity index (χ3n) is 5.95. The normalized spacial score (nSPS) is 20.9. The fourth-order valence-corrected chi connectivity index (χ4v) is 4.65. The Hall–Kier alpha value is -2.82. The second-order valence-corrected chi connectivity index (χ2v) is 10.2. The number of Topliss-reactive ketones (excluding diaryl/α,β-unsaturated/α-hetero) is 2. The zero-order valence-corrected chi connectivity index (χ0v) is 18.8. The highest BCUT2D eigenvalue weighted by atomic mass is 16.5. The number of benzene rings is 1. The smallest absolute Gasteiger partial charge is 0.163 e. The Bertz CT molecular complexity index is 908. The third-order valence-corrected chi connectivity index (χ3v) is 5.95. The molecule has 166 valence electrons. The number of hydrogen-bond acceptors (Lipinski definition) is 5. The van der Waals surface area contributed by atoms with E-state index < -0.39 is 5.92 Å². The Kier molecular flexibility index (Phi) is 6.17. The molecule has 1 aromatic rings. The molecule has 5 heteroatoms. The van der Waals surface area contributed by atoms with Crippen molar-refractivity contribution < 1.29 is 24.5 Å². The van der Waals surface area contributed by atoms with Gasteiger partial charge < -0.3 is 14.9 Å². The third kappa shape index (κ3) is 4.92. The zero-order valence-electron chi connectivity index (χ0n) is 18.8. The van der Waals surface area contributed by atoms with E-state index in [2.05, 4.69) is 6.58 Å². The highest BCUT2D eigenvalue weighted by Gasteiger charge is 2.43. The first-order valence-corrected chi connectivity index (χ1v) is 10.7.